The van der Waals surface area contributed by atoms with Gasteiger partial charge < -0.3 is 14.6 Å². The number of hydrogen-bond donors (Lipinski definition) is 1. The lowest BCUT2D eigenvalue weighted by molar-refractivity contribution is -0.113. The highest BCUT2D eigenvalue weighted by atomic mass is 32.2. The minimum atomic E-state index is -0.146. The van der Waals surface area contributed by atoms with Gasteiger partial charge in [0.05, 0.1) is 16.7 Å². The van der Waals surface area contributed by atoms with Crippen LogP contribution in [0.4, 0.5) is 5.69 Å². The lowest BCUT2D eigenvalue weighted by Crippen LogP contribution is -2.25. The number of aromatic nitrogens is 3. The fraction of sp³-hybridized carbons (Fsp3) is 0.276. The molecule has 2 heterocycles. The third kappa shape index (κ3) is 5.12. The Hall–Kier alpha value is -3.62. The SMILES string of the molecule is CCOCCCn1c(SCC(=O)Nc2ccc3c(c2)c2ccccc2n3CC)nc2ccccc2c1=O. The molecule has 5 rings (SSSR count). The maximum absolute atomic E-state index is 13.2. The zero-order valence-corrected chi connectivity index (χ0v) is 21.9. The van der Waals surface area contributed by atoms with Crippen molar-refractivity contribution < 1.29 is 9.53 Å². The van der Waals surface area contributed by atoms with Crippen LogP contribution in [0.15, 0.2) is 76.7 Å². The van der Waals surface area contributed by atoms with Crippen molar-refractivity contribution >= 4 is 56.1 Å². The van der Waals surface area contributed by atoms with Crippen LogP contribution in [-0.2, 0) is 22.6 Å². The summed E-state index contributed by atoms with van der Waals surface area (Å²) in [6.45, 7) is 6.64. The highest BCUT2D eigenvalue weighted by molar-refractivity contribution is 7.99. The zero-order chi connectivity index (χ0) is 25.8. The van der Waals surface area contributed by atoms with E-state index in [1.807, 2.05) is 49.4 Å². The first-order valence-corrected chi connectivity index (χ1v) is 13.6. The predicted molar refractivity (Wildman–Crippen MR) is 152 cm³/mol. The lowest BCUT2D eigenvalue weighted by Gasteiger charge is -2.13. The number of nitrogens with one attached hydrogen (secondary N) is 1. The number of carbonyl (C=O) groups is 1. The van der Waals surface area contributed by atoms with E-state index < -0.39 is 0 Å². The molecule has 0 spiro atoms. The number of para-hydroxylation sites is 2. The molecule has 1 N–H and O–H groups in total. The highest BCUT2D eigenvalue weighted by Crippen LogP contribution is 2.31. The number of nitrogens with zero attached hydrogens (tertiary/aromatic N) is 3. The van der Waals surface area contributed by atoms with Gasteiger partial charge in [0.1, 0.15) is 0 Å². The van der Waals surface area contributed by atoms with E-state index >= 15 is 0 Å². The molecule has 7 nitrogen and oxygen atoms in total. The fourth-order valence-electron chi connectivity index (χ4n) is 4.72. The number of anilines is 1. The molecule has 37 heavy (non-hydrogen) atoms. The molecule has 190 valence electrons. The van der Waals surface area contributed by atoms with Crippen LogP contribution in [0.3, 0.4) is 0 Å². The number of aryl methyl sites for hydroxylation is 1. The Kier molecular flexibility index (Phi) is 7.58. The molecule has 0 atom stereocenters. The Balaban J connectivity index is 1.36. The van der Waals surface area contributed by atoms with Crippen LogP contribution in [0.25, 0.3) is 32.7 Å². The largest absolute Gasteiger partial charge is 0.382 e. The maximum Gasteiger partial charge on any atom is 0.262 e. The number of hydrogen-bond acceptors (Lipinski definition) is 5. The lowest BCUT2D eigenvalue weighted by atomic mass is 10.1. The van der Waals surface area contributed by atoms with E-state index in [0.717, 1.165) is 23.1 Å². The van der Waals surface area contributed by atoms with Crippen molar-refractivity contribution in [3.05, 3.63) is 77.1 Å². The van der Waals surface area contributed by atoms with Crippen molar-refractivity contribution in [1.29, 1.82) is 0 Å². The summed E-state index contributed by atoms with van der Waals surface area (Å²) in [6, 6.07) is 21.7. The normalized spacial score (nSPS) is 11.5. The maximum atomic E-state index is 13.2. The molecular formula is C29H30N4O3S. The molecule has 3 aromatic carbocycles. The van der Waals surface area contributed by atoms with Gasteiger partial charge in [-0.3, -0.25) is 14.2 Å². The van der Waals surface area contributed by atoms with Crippen molar-refractivity contribution in [2.75, 3.05) is 24.3 Å². The van der Waals surface area contributed by atoms with Gasteiger partial charge in [-0.25, -0.2) is 4.98 Å². The molecule has 0 saturated heterocycles. The van der Waals surface area contributed by atoms with Gasteiger partial charge in [0.15, 0.2) is 5.16 Å². The first-order chi connectivity index (χ1) is 18.1. The van der Waals surface area contributed by atoms with Crippen molar-refractivity contribution in [3.63, 3.8) is 0 Å². The topological polar surface area (TPSA) is 78.2 Å². The van der Waals surface area contributed by atoms with Crippen LogP contribution in [0.2, 0.25) is 0 Å². The van der Waals surface area contributed by atoms with Crippen molar-refractivity contribution in [2.24, 2.45) is 0 Å². The Morgan fingerprint density at radius 1 is 0.946 bits per heavy atom. The van der Waals surface area contributed by atoms with E-state index in [1.54, 1.807) is 10.6 Å². The van der Waals surface area contributed by atoms with Gasteiger partial charge in [0, 0.05) is 53.8 Å². The third-order valence-corrected chi connectivity index (χ3v) is 7.38. The summed E-state index contributed by atoms with van der Waals surface area (Å²) in [7, 11) is 0. The second-order valence-electron chi connectivity index (χ2n) is 8.75. The van der Waals surface area contributed by atoms with Gasteiger partial charge >= 0.3 is 0 Å². The summed E-state index contributed by atoms with van der Waals surface area (Å²) in [5.74, 6) is -0.00259. The number of ether oxygens (including phenoxy) is 1. The molecule has 0 aliphatic heterocycles. The fourth-order valence-corrected chi connectivity index (χ4v) is 5.55. The quantitative estimate of drug-likeness (QED) is 0.147. The van der Waals surface area contributed by atoms with Gasteiger partial charge in [-0.1, -0.05) is 42.1 Å². The van der Waals surface area contributed by atoms with Crippen LogP contribution in [0.1, 0.15) is 20.3 Å². The zero-order valence-electron chi connectivity index (χ0n) is 21.1. The summed E-state index contributed by atoms with van der Waals surface area (Å²) in [6.07, 6.45) is 0.693. The molecule has 1 amide bonds. The number of carbonyl (C=O) groups excluding carboxylic acids is 1. The molecular weight excluding hydrogens is 484 g/mol. The summed E-state index contributed by atoms with van der Waals surface area (Å²) in [5.41, 5.74) is 3.62. The summed E-state index contributed by atoms with van der Waals surface area (Å²) in [5, 5.41) is 6.42. The van der Waals surface area contributed by atoms with Crippen LogP contribution < -0.4 is 10.9 Å². The molecule has 0 aliphatic rings. The average molecular weight is 515 g/mol. The molecule has 5 aromatic rings. The molecule has 0 aliphatic carbocycles. The Labute approximate surface area is 219 Å². The number of fused-ring (bicyclic) bond motifs is 4. The van der Waals surface area contributed by atoms with Gasteiger partial charge in [-0.15, -0.1) is 0 Å². The van der Waals surface area contributed by atoms with Gasteiger partial charge in [0.2, 0.25) is 5.91 Å². The predicted octanol–water partition coefficient (Wildman–Crippen LogP) is 5.68. The van der Waals surface area contributed by atoms with Crippen LogP contribution in [-0.4, -0.2) is 39.0 Å². The van der Waals surface area contributed by atoms with E-state index in [-0.39, 0.29) is 17.2 Å². The van der Waals surface area contributed by atoms with E-state index in [9.17, 15) is 9.59 Å². The molecule has 0 saturated carbocycles. The first kappa shape index (κ1) is 25.0. The summed E-state index contributed by atoms with van der Waals surface area (Å²) < 4.78 is 9.38. The first-order valence-electron chi connectivity index (χ1n) is 12.6. The van der Waals surface area contributed by atoms with Gasteiger partial charge in [0.25, 0.3) is 5.56 Å². The molecule has 2 aromatic heterocycles. The minimum absolute atomic E-state index is 0.0947. The Bertz CT molecular complexity index is 1640. The highest BCUT2D eigenvalue weighted by Gasteiger charge is 2.15. The monoisotopic (exact) mass is 514 g/mol. The van der Waals surface area contributed by atoms with Crippen LogP contribution in [0, 0.1) is 0 Å². The van der Waals surface area contributed by atoms with Crippen LogP contribution >= 0.6 is 11.8 Å². The van der Waals surface area contributed by atoms with Crippen LogP contribution in [0.5, 0.6) is 0 Å². The minimum Gasteiger partial charge on any atom is -0.382 e. The van der Waals surface area contributed by atoms with E-state index in [0.29, 0.717) is 42.2 Å². The number of rotatable bonds is 10. The third-order valence-electron chi connectivity index (χ3n) is 6.41. The summed E-state index contributed by atoms with van der Waals surface area (Å²) in [4.78, 5) is 30.8. The Morgan fingerprint density at radius 3 is 2.51 bits per heavy atom. The smallest absolute Gasteiger partial charge is 0.262 e. The summed E-state index contributed by atoms with van der Waals surface area (Å²) >= 11 is 1.28. The van der Waals surface area contributed by atoms with E-state index in [4.69, 9.17) is 9.72 Å². The number of thioether (sulfide) groups is 1. The molecule has 0 fully saturated rings. The van der Waals surface area contributed by atoms with Gasteiger partial charge in [-0.2, -0.15) is 0 Å². The van der Waals surface area contributed by atoms with Crippen molar-refractivity contribution in [1.82, 2.24) is 14.1 Å². The van der Waals surface area contributed by atoms with Gasteiger partial charge in [-0.05, 0) is 56.7 Å². The van der Waals surface area contributed by atoms with E-state index in [2.05, 4.69) is 35.0 Å². The molecule has 0 unspecified atom stereocenters. The standard InChI is InChI=1S/C29H30N4O3S/c1-3-32-25-13-8-6-10-21(25)23-18-20(14-15-26(23)32)30-27(34)19-37-29-31-24-12-7-5-11-22(24)28(35)33(29)16-9-17-36-4-2/h5-8,10-15,18H,3-4,9,16-17,19H2,1-2H3,(H,30,34). The molecule has 8 heteroatoms. The molecule has 0 bridgehead atoms. The Morgan fingerprint density at radius 2 is 1.70 bits per heavy atom. The average Bonchev–Trinajstić information content (AvgIpc) is 3.24. The molecule has 0 radical (unpaired) electrons. The van der Waals surface area contributed by atoms with E-state index in [1.165, 1.54) is 22.7 Å². The van der Waals surface area contributed by atoms with Crippen molar-refractivity contribution in [3.8, 4) is 0 Å². The number of benzene rings is 3. The number of amides is 1. The second kappa shape index (κ2) is 11.2. The van der Waals surface area contributed by atoms with Crippen molar-refractivity contribution in [2.45, 2.75) is 38.5 Å². The second-order valence-corrected chi connectivity index (χ2v) is 9.69.